The van der Waals surface area contributed by atoms with Gasteiger partial charge in [-0.15, -0.1) is 0 Å². The maximum Gasteiger partial charge on any atom is 0.171 e. The third kappa shape index (κ3) is 2.88. The summed E-state index contributed by atoms with van der Waals surface area (Å²) in [5.74, 6) is 1.85. The molecule has 1 aromatic heterocycles. The Morgan fingerprint density at radius 3 is 3.06 bits per heavy atom. The highest BCUT2D eigenvalue weighted by Crippen LogP contribution is 2.28. The molecule has 0 spiro atoms. The molecule has 0 radical (unpaired) electrons. The van der Waals surface area contributed by atoms with Crippen LogP contribution in [-0.4, -0.2) is 36.8 Å². The van der Waals surface area contributed by atoms with Crippen molar-refractivity contribution in [2.45, 2.75) is 32.9 Å². The minimum Gasteiger partial charge on any atom is -0.487 e. The van der Waals surface area contributed by atoms with E-state index in [2.05, 4.69) is 22.1 Å². The number of piperazine rings is 1. The van der Waals surface area contributed by atoms with E-state index in [1.54, 1.807) is 0 Å². The Bertz CT molecular complexity index is 367. The minimum atomic E-state index is 0.177. The molecule has 1 aliphatic heterocycles. The highest BCUT2D eigenvalue weighted by Gasteiger charge is 2.22. The van der Waals surface area contributed by atoms with Crippen LogP contribution >= 0.6 is 0 Å². The van der Waals surface area contributed by atoms with Gasteiger partial charge in [0, 0.05) is 31.9 Å². The van der Waals surface area contributed by atoms with Gasteiger partial charge in [-0.2, -0.15) is 0 Å². The Labute approximate surface area is 103 Å². The van der Waals surface area contributed by atoms with E-state index in [-0.39, 0.29) is 6.10 Å². The van der Waals surface area contributed by atoms with Gasteiger partial charge < -0.3 is 15.0 Å². The maximum absolute atomic E-state index is 5.82. The molecule has 94 valence electrons. The molecule has 1 saturated heterocycles. The van der Waals surface area contributed by atoms with Crippen molar-refractivity contribution in [3.8, 4) is 5.75 Å². The van der Waals surface area contributed by atoms with E-state index in [9.17, 15) is 0 Å². The molecule has 1 aromatic rings. The van der Waals surface area contributed by atoms with Crippen LogP contribution in [0.5, 0.6) is 5.75 Å². The molecular formula is C13H21N3O. The molecule has 1 aliphatic rings. The lowest BCUT2D eigenvalue weighted by molar-refractivity contribution is 0.241. The summed E-state index contributed by atoms with van der Waals surface area (Å²) < 4.78 is 5.82. The number of ether oxygens (including phenoxy) is 1. The first-order valence-corrected chi connectivity index (χ1v) is 6.27. The van der Waals surface area contributed by atoms with Gasteiger partial charge in [-0.05, 0) is 32.9 Å². The van der Waals surface area contributed by atoms with Gasteiger partial charge in [0.25, 0.3) is 0 Å². The zero-order chi connectivity index (χ0) is 12.3. The Hall–Kier alpha value is -1.29. The highest BCUT2D eigenvalue weighted by atomic mass is 16.5. The van der Waals surface area contributed by atoms with Crippen molar-refractivity contribution in [1.82, 2.24) is 10.3 Å². The summed E-state index contributed by atoms with van der Waals surface area (Å²) in [5, 5.41) is 3.38. The molecular weight excluding hydrogens is 214 g/mol. The number of aromatic nitrogens is 1. The van der Waals surface area contributed by atoms with Gasteiger partial charge in [-0.25, -0.2) is 4.98 Å². The van der Waals surface area contributed by atoms with Gasteiger partial charge in [0.1, 0.15) is 0 Å². The fraction of sp³-hybridized carbons (Fsp3) is 0.615. The van der Waals surface area contributed by atoms with Crippen molar-refractivity contribution in [2.24, 2.45) is 0 Å². The van der Waals surface area contributed by atoms with Crippen molar-refractivity contribution in [3.05, 3.63) is 18.3 Å². The number of hydrogen-bond acceptors (Lipinski definition) is 4. The quantitative estimate of drug-likeness (QED) is 0.864. The largest absolute Gasteiger partial charge is 0.487 e. The van der Waals surface area contributed by atoms with Gasteiger partial charge in [0.05, 0.1) is 6.10 Å². The molecule has 1 N–H and O–H groups in total. The molecule has 2 heterocycles. The lowest BCUT2D eigenvalue weighted by Gasteiger charge is -2.35. The number of nitrogens with one attached hydrogen (secondary N) is 1. The molecule has 17 heavy (non-hydrogen) atoms. The first kappa shape index (κ1) is 12.2. The Morgan fingerprint density at radius 1 is 1.53 bits per heavy atom. The fourth-order valence-corrected chi connectivity index (χ4v) is 2.10. The standard InChI is InChI=1S/C13H21N3O/c1-10(2)17-12-5-4-6-15-13(12)16-8-7-14-9-11(16)3/h4-6,10-11,14H,7-9H2,1-3H3. The molecule has 1 atom stereocenters. The predicted molar refractivity (Wildman–Crippen MR) is 69.7 cm³/mol. The molecule has 4 nitrogen and oxygen atoms in total. The van der Waals surface area contributed by atoms with Crippen LogP contribution in [0, 0.1) is 0 Å². The Balaban J connectivity index is 2.23. The van der Waals surface area contributed by atoms with Gasteiger partial charge in [-0.1, -0.05) is 0 Å². The topological polar surface area (TPSA) is 37.4 Å². The van der Waals surface area contributed by atoms with Gasteiger partial charge in [-0.3, -0.25) is 0 Å². The van der Waals surface area contributed by atoms with Crippen LogP contribution in [-0.2, 0) is 0 Å². The van der Waals surface area contributed by atoms with Crippen LogP contribution in [0.25, 0.3) is 0 Å². The van der Waals surface area contributed by atoms with Crippen LogP contribution < -0.4 is 15.0 Å². The third-order valence-corrected chi connectivity index (χ3v) is 2.89. The minimum absolute atomic E-state index is 0.177. The Kier molecular flexibility index (Phi) is 3.84. The normalized spacial score (nSPS) is 20.7. The second-order valence-electron chi connectivity index (χ2n) is 4.74. The van der Waals surface area contributed by atoms with E-state index in [0.717, 1.165) is 31.2 Å². The molecule has 0 bridgehead atoms. The predicted octanol–water partition coefficient (Wildman–Crippen LogP) is 1.67. The molecule has 2 rings (SSSR count). The lowest BCUT2D eigenvalue weighted by Crippen LogP contribution is -2.50. The molecule has 4 heteroatoms. The van der Waals surface area contributed by atoms with E-state index in [0.29, 0.717) is 6.04 Å². The molecule has 1 fully saturated rings. The van der Waals surface area contributed by atoms with Crippen molar-refractivity contribution < 1.29 is 4.74 Å². The number of pyridine rings is 1. The van der Waals surface area contributed by atoms with E-state index < -0.39 is 0 Å². The van der Waals surface area contributed by atoms with Gasteiger partial charge in [0.15, 0.2) is 11.6 Å². The van der Waals surface area contributed by atoms with Crippen LogP contribution in [0.1, 0.15) is 20.8 Å². The summed E-state index contributed by atoms with van der Waals surface area (Å²) in [7, 11) is 0. The van der Waals surface area contributed by atoms with Gasteiger partial charge in [0.2, 0.25) is 0 Å². The second-order valence-corrected chi connectivity index (χ2v) is 4.74. The van der Waals surface area contributed by atoms with E-state index >= 15 is 0 Å². The summed E-state index contributed by atoms with van der Waals surface area (Å²) in [4.78, 5) is 6.79. The smallest absolute Gasteiger partial charge is 0.171 e. The van der Waals surface area contributed by atoms with Gasteiger partial charge >= 0.3 is 0 Å². The molecule has 1 unspecified atom stereocenters. The summed E-state index contributed by atoms with van der Waals surface area (Å²) in [5.41, 5.74) is 0. The average Bonchev–Trinajstić information content (AvgIpc) is 2.30. The zero-order valence-electron chi connectivity index (χ0n) is 10.8. The molecule has 0 aliphatic carbocycles. The first-order chi connectivity index (χ1) is 8.18. The van der Waals surface area contributed by atoms with Crippen molar-refractivity contribution in [3.63, 3.8) is 0 Å². The summed E-state index contributed by atoms with van der Waals surface area (Å²) in [6, 6.07) is 4.37. The number of hydrogen-bond donors (Lipinski definition) is 1. The van der Waals surface area contributed by atoms with Crippen molar-refractivity contribution in [2.75, 3.05) is 24.5 Å². The van der Waals surface area contributed by atoms with E-state index in [4.69, 9.17) is 4.74 Å². The molecule has 0 amide bonds. The van der Waals surface area contributed by atoms with Crippen LogP contribution in [0.4, 0.5) is 5.82 Å². The Morgan fingerprint density at radius 2 is 2.35 bits per heavy atom. The van der Waals surface area contributed by atoms with E-state index in [1.165, 1.54) is 0 Å². The fourth-order valence-electron chi connectivity index (χ4n) is 2.10. The number of rotatable bonds is 3. The lowest BCUT2D eigenvalue weighted by atomic mass is 10.2. The second kappa shape index (κ2) is 5.36. The molecule has 0 saturated carbocycles. The van der Waals surface area contributed by atoms with Crippen LogP contribution in [0.15, 0.2) is 18.3 Å². The number of anilines is 1. The maximum atomic E-state index is 5.82. The van der Waals surface area contributed by atoms with Crippen molar-refractivity contribution >= 4 is 5.82 Å². The first-order valence-electron chi connectivity index (χ1n) is 6.27. The monoisotopic (exact) mass is 235 g/mol. The summed E-state index contributed by atoms with van der Waals surface area (Å²) >= 11 is 0. The van der Waals surface area contributed by atoms with Crippen LogP contribution in [0.3, 0.4) is 0 Å². The van der Waals surface area contributed by atoms with Crippen LogP contribution in [0.2, 0.25) is 0 Å². The summed E-state index contributed by atoms with van der Waals surface area (Å²) in [6.45, 7) is 9.27. The van der Waals surface area contributed by atoms with E-state index in [1.807, 2.05) is 32.2 Å². The highest BCUT2D eigenvalue weighted by molar-refractivity contribution is 5.53. The SMILES string of the molecule is CC(C)Oc1cccnc1N1CCNCC1C. The van der Waals surface area contributed by atoms with Crippen molar-refractivity contribution in [1.29, 1.82) is 0 Å². The average molecular weight is 235 g/mol. The third-order valence-electron chi connectivity index (χ3n) is 2.89. The number of nitrogens with zero attached hydrogens (tertiary/aromatic N) is 2. The summed E-state index contributed by atoms with van der Waals surface area (Å²) in [6.07, 6.45) is 2.01. The molecule has 0 aromatic carbocycles. The zero-order valence-corrected chi connectivity index (χ0v) is 10.8.